The lowest BCUT2D eigenvalue weighted by molar-refractivity contribution is -0.118. The van der Waals surface area contributed by atoms with Crippen LogP contribution >= 0.6 is 0 Å². The van der Waals surface area contributed by atoms with Gasteiger partial charge in [0.25, 0.3) is 0 Å². The lowest BCUT2D eigenvalue weighted by Gasteiger charge is -2.09. The fourth-order valence-electron chi connectivity index (χ4n) is 1.36. The molecule has 1 atom stereocenters. The first-order valence-corrected chi connectivity index (χ1v) is 6.70. The number of rotatable bonds is 4. The molecule has 0 radical (unpaired) electrons. The van der Waals surface area contributed by atoms with Gasteiger partial charge < -0.3 is 11.1 Å². The Morgan fingerprint density at radius 3 is 2.76 bits per heavy atom. The predicted octanol–water partition coefficient (Wildman–Crippen LogP) is 0.275. The summed E-state index contributed by atoms with van der Waals surface area (Å²) in [4.78, 5) is 15.3. The maximum atomic E-state index is 11.7. The number of hydrogen-bond donors (Lipinski definition) is 2. The number of carbonyl (C=O) groups is 1. The van der Waals surface area contributed by atoms with E-state index in [1.165, 1.54) is 7.05 Å². The van der Waals surface area contributed by atoms with Crippen LogP contribution in [-0.4, -0.2) is 27.9 Å². The molecular formula is C11H17N3O2S. The molecule has 0 bridgehead atoms. The maximum Gasteiger partial charge on any atom is 0.232 e. The Bertz CT molecular complexity index is 460. The maximum absolute atomic E-state index is 11.7. The molecule has 17 heavy (non-hydrogen) atoms. The fourth-order valence-corrected chi connectivity index (χ4v) is 2.49. The summed E-state index contributed by atoms with van der Waals surface area (Å²) in [6, 6.07) is 0. The molecular weight excluding hydrogens is 238 g/mol. The topological polar surface area (TPSA) is 85.1 Å². The molecule has 1 heterocycles. The van der Waals surface area contributed by atoms with Gasteiger partial charge >= 0.3 is 0 Å². The summed E-state index contributed by atoms with van der Waals surface area (Å²) in [6.45, 7) is 3.72. The van der Waals surface area contributed by atoms with Crippen LogP contribution in [0.25, 0.3) is 0 Å². The summed E-state index contributed by atoms with van der Waals surface area (Å²) in [5, 5.41) is 2.44. The number of nitrogens with zero attached hydrogens (tertiary/aromatic N) is 1. The second kappa shape index (κ2) is 5.77. The van der Waals surface area contributed by atoms with Crippen molar-refractivity contribution >= 4 is 22.4 Å². The minimum absolute atomic E-state index is 0.00853. The molecule has 0 saturated carbocycles. The second-order valence-corrected chi connectivity index (χ2v) is 5.29. The highest BCUT2D eigenvalue weighted by Crippen LogP contribution is 2.18. The zero-order valence-electron chi connectivity index (χ0n) is 10.2. The van der Waals surface area contributed by atoms with Crippen LogP contribution in [0.4, 0.5) is 5.69 Å². The SMILES string of the molecule is CNC(=O)CS(=O)Cc1ncc(C)c(N)c1C. The number of aromatic nitrogens is 1. The summed E-state index contributed by atoms with van der Waals surface area (Å²) >= 11 is 0. The Morgan fingerprint density at radius 2 is 2.18 bits per heavy atom. The molecule has 3 N–H and O–H groups in total. The van der Waals surface area contributed by atoms with Crippen molar-refractivity contribution in [3.05, 3.63) is 23.0 Å². The Balaban J connectivity index is 2.79. The van der Waals surface area contributed by atoms with Crippen LogP contribution in [-0.2, 0) is 21.3 Å². The van der Waals surface area contributed by atoms with E-state index in [4.69, 9.17) is 5.73 Å². The Labute approximate surface area is 103 Å². The van der Waals surface area contributed by atoms with Gasteiger partial charge in [0, 0.05) is 29.7 Å². The summed E-state index contributed by atoms with van der Waals surface area (Å²) in [6.07, 6.45) is 1.66. The van der Waals surface area contributed by atoms with Crippen molar-refractivity contribution < 1.29 is 9.00 Å². The molecule has 94 valence electrons. The Kier molecular flexibility index (Phi) is 4.62. The van der Waals surface area contributed by atoms with Gasteiger partial charge in [-0.2, -0.15) is 0 Å². The van der Waals surface area contributed by atoms with Gasteiger partial charge in [-0.25, -0.2) is 0 Å². The van der Waals surface area contributed by atoms with Crippen molar-refractivity contribution in [2.75, 3.05) is 18.5 Å². The highest BCUT2D eigenvalue weighted by atomic mass is 32.2. The average molecular weight is 255 g/mol. The van der Waals surface area contributed by atoms with Crippen LogP contribution in [0.2, 0.25) is 0 Å². The van der Waals surface area contributed by atoms with Crippen molar-refractivity contribution in [1.82, 2.24) is 10.3 Å². The minimum atomic E-state index is -1.26. The van der Waals surface area contributed by atoms with Gasteiger partial charge in [-0.1, -0.05) is 0 Å². The smallest absolute Gasteiger partial charge is 0.232 e. The largest absolute Gasteiger partial charge is 0.398 e. The van der Waals surface area contributed by atoms with Crippen LogP contribution < -0.4 is 11.1 Å². The van der Waals surface area contributed by atoms with E-state index in [2.05, 4.69) is 10.3 Å². The number of nitrogens with one attached hydrogen (secondary N) is 1. The number of anilines is 1. The van der Waals surface area contributed by atoms with Crippen molar-refractivity contribution in [2.45, 2.75) is 19.6 Å². The van der Waals surface area contributed by atoms with Gasteiger partial charge in [0.05, 0.1) is 11.4 Å². The zero-order chi connectivity index (χ0) is 13.0. The molecule has 0 aromatic carbocycles. The van der Waals surface area contributed by atoms with Crippen LogP contribution in [0.1, 0.15) is 16.8 Å². The van der Waals surface area contributed by atoms with E-state index >= 15 is 0 Å². The number of nitrogen functional groups attached to an aromatic ring is 1. The first-order chi connectivity index (χ1) is 7.95. The van der Waals surface area contributed by atoms with Gasteiger partial charge in [-0.05, 0) is 25.0 Å². The van der Waals surface area contributed by atoms with E-state index in [1.807, 2.05) is 13.8 Å². The molecule has 1 rings (SSSR count). The number of carbonyl (C=O) groups excluding carboxylic acids is 1. The van der Waals surface area contributed by atoms with E-state index in [-0.39, 0.29) is 17.4 Å². The first kappa shape index (κ1) is 13.6. The van der Waals surface area contributed by atoms with Crippen LogP contribution in [0, 0.1) is 13.8 Å². The van der Waals surface area contributed by atoms with Gasteiger partial charge in [0.15, 0.2) is 0 Å². The van der Waals surface area contributed by atoms with E-state index in [9.17, 15) is 9.00 Å². The van der Waals surface area contributed by atoms with E-state index in [1.54, 1.807) is 6.20 Å². The fraction of sp³-hybridized carbons (Fsp3) is 0.455. The lowest BCUT2D eigenvalue weighted by atomic mass is 10.1. The van der Waals surface area contributed by atoms with Crippen molar-refractivity contribution in [3.8, 4) is 0 Å². The Morgan fingerprint density at radius 1 is 1.53 bits per heavy atom. The molecule has 0 saturated heterocycles. The van der Waals surface area contributed by atoms with Crippen LogP contribution in [0.15, 0.2) is 6.20 Å². The van der Waals surface area contributed by atoms with E-state index in [0.717, 1.165) is 11.1 Å². The Hall–Kier alpha value is -1.43. The molecule has 1 aromatic rings. The number of hydrogen-bond acceptors (Lipinski definition) is 4. The second-order valence-electron chi connectivity index (χ2n) is 3.83. The molecule has 1 aromatic heterocycles. The predicted molar refractivity (Wildman–Crippen MR) is 68.9 cm³/mol. The highest BCUT2D eigenvalue weighted by molar-refractivity contribution is 7.84. The molecule has 0 aliphatic carbocycles. The molecule has 0 aliphatic rings. The molecule has 0 spiro atoms. The van der Waals surface area contributed by atoms with Gasteiger partial charge in [0.2, 0.25) is 5.91 Å². The average Bonchev–Trinajstić information content (AvgIpc) is 2.29. The molecule has 1 amide bonds. The highest BCUT2D eigenvalue weighted by Gasteiger charge is 2.12. The third kappa shape index (κ3) is 3.52. The number of aryl methyl sites for hydroxylation is 1. The molecule has 1 unspecified atom stereocenters. The van der Waals surface area contributed by atoms with Crippen LogP contribution in [0.5, 0.6) is 0 Å². The van der Waals surface area contributed by atoms with Crippen molar-refractivity contribution in [1.29, 1.82) is 0 Å². The van der Waals surface area contributed by atoms with Gasteiger partial charge in [-0.3, -0.25) is 14.0 Å². The molecule has 0 fully saturated rings. The van der Waals surface area contributed by atoms with Crippen LogP contribution in [0.3, 0.4) is 0 Å². The monoisotopic (exact) mass is 255 g/mol. The molecule has 0 aliphatic heterocycles. The lowest BCUT2D eigenvalue weighted by Crippen LogP contribution is -2.25. The quantitative estimate of drug-likeness (QED) is 0.809. The normalized spacial score (nSPS) is 12.2. The third-order valence-corrected chi connectivity index (χ3v) is 3.72. The van der Waals surface area contributed by atoms with Crippen molar-refractivity contribution in [2.24, 2.45) is 0 Å². The standard InChI is InChI=1S/C11H17N3O2S/c1-7-4-14-9(8(2)11(7)12)5-17(16)6-10(15)13-3/h4H,5-6H2,1-3H3,(H2,12,14)(H,13,15). The van der Waals surface area contributed by atoms with Gasteiger partial charge in [0.1, 0.15) is 5.75 Å². The summed E-state index contributed by atoms with van der Waals surface area (Å²) < 4.78 is 11.7. The summed E-state index contributed by atoms with van der Waals surface area (Å²) in [5.41, 5.74) is 8.98. The summed E-state index contributed by atoms with van der Waals surface area (Å²) in [5.74, 6) is 0.0101. The van der Waals surface area contributed by atoms with E-state index in [0.29, 0.717) is 11.4 Å². The number of amides is 1. The minimum Gasteiger partial charge on any atom is -0.398 e. The summed E-state index contributed by atoms with van der Waals surface area (Å²) in [7, 11) is 0.265. The van der Waals surface area contributed by atoms with Crippen molar-refractivity contribution in [3.63, 3.8) is 0 Å². The van der Waals surface area contributed by atoms with Gasteiger partial charge in [-0.15, -0.1) is 0 Å². The zero-order valence-corrected chi connectivity index (χ0v) is 11.1. The first-order valence-electron chi connectivity index (χ1n) is 5.21. The number of nitrogens with two attached hydrogens (primary N) is 1. The van der Waals surface area contributed by atoms with E-state index < -0.39 is 10.8 Å². The molecule has 6 heteroatoms. The number of pyridine rings is 1. The molecule has 5 nitrogen and oxygen atoms in total. The third-order valence-electron chi connectivity index (χ3n) is 2.54.